The van der Waals surface area contributed by atoms with Gasteiger partial charge in [-0.15, -0.1) is 0 Å². The van der Waals surface area contributed by atoms with Crippen LogP contribution in [0.3, 0.4) is 0 Å². The highest BCUT2D eigenvalue weighted by atomic mass is 32.2. The number of halogens is 1. The Balaban J connectivity index is 2.09. The maximum atomic E-state index is 13.1. The zero-order chi connectivity index (χ0) is 19.2. The van der Waals surface area contributed by atoms with E-state index in [0.29, 0.717) is 6.42 Å². The first-order valence-electron chi connectivity index (χ1n) is 8.60. The molecule has 0 aliphatic carbocycles. The predicted molar refractivity (Wildman–Crippen MR) is 100 cm³/mol. The number of sulfonamides is 1. The molecule has 0 aliphatic rings. The molecule has 0 aromatic heterocycles. The lowest BCUT2D eigenvalue weighted by molar-refractivity contribution is 0.167. The van der Waals surface area contributed by atoms with Crippen LogP contribution in [0.25, 0.3) is 0 Å². The van der Waals surface area contributed by atoms with Crippen LogP contribution in [0.5, 0.6) is 0 Å². The van der Waals surface area contributed by atoms with Crippen LogP contribution in [-0.4, -0.2) is 37.0 Å². The van der Waals surface area contributed by atoms with Crippen molar-refractivity contribution in [1.29, 1.82) is 0 Å². The van der Waals surface area contributed by atoms with E-state index in [-0.39, 0.29) is 23.9 Å². The van der Waals surface area contributed by atoms with Gasteiger partial charge < -0.3 is 5.11 Å². The molecule has 141 valence electrons. The molecule has 1 atom stereocenters. The highest BCUT2D eigenvalue weighted by Crippen LogP contribution is 2.19. The van der Waals surface area contributed by atoms with E-state index in [2.05, 4.69) is 0 Å². The lowest BCUT2D eigenvalue weighted by Gasteiger charge is -2.26. The molecular formula is C20H25FNO3S. The van der Waals surface area contributed by atoms with Gasteiger partial charge in [-0.2, -0.15) is 4.31 Å². The van der Waals surface area contributed by atoms with Gasteiger partial charge in [0.1, 0.15) is 5.82 Å². The lowest BCUT2D eigenvalue weighted by Crippen LogP contribution is -2.40. The van der Waals surface area contributed by atoms with Crippen molar-refractivity contribution < 1.29 is 17.9 Å². The first-order chi connectivity index (χ1) is 12.3. The summed E-state index contributed by atoms with van der Waals surface area (Å²) in [5.41, 5.74) is 1.04. The highest BCUT2D eigenvalue weighted by Gasteiger charge is 2.27. The summed E-state index contributed by atoms with van der Waals surface area (Å²) in [6, 6.07) is 14.4. The molecule has 0 fully saturated rings. The summed E-state index contributed by atoms with van der Waals surface area (Å²) in [5.74, 6) is -0.401. The second kappa shape index (κ2) is 9.26. The van der Waals surface area contributed by atoms with Crippen molar-refractivity contribution in [3.05, 3.63) is 72.4 Å². The zero-order valence-electron chi connectivity index (χ0n) is 15.0. The Hall–Kier alpha value is -1.76. The van der Waals surface area contributed by atoms with Crippen molar-refractivity contribution in [2.45, 2.75) is 31.3 Å². The van der Waals surface area contributed by atoms with E-state index >= 15 is 0 Å². The Bertz CT molecular complexity index is 776. The molecular weight excluding hydrogens is 353 g/mol. The number of aliphatic hydroxyl groups excluding tert-OH is 1. The van der Waals surface area contributed by atoms with Crippen LogP contribution in [-0.2, 0) is 16.4 Å². The van der Waals surface area contributed by atoms with Crippen molar-refractivity contribution in [3.63, 3.8) is 0 Å². The standard InChI is InChI=1S/C20H25FNO3S/c1-16(2)14-22(26(24,25)20-12-9-18(21)10-13-20)15-19(23)11-8-17-6-4-3-5-7-17/h3-7,9-13,16,19,23H,8,14-15H2,1-2H3/t19-/m1/s1. The highest BCUT2D eigenvalue weighted by molar-refractivity contribution is 7.89. The Morgan fingerprint density at radius 1 is 1.04 bits per heavy atom. The fourth-order valence-corrected chi connectivity index (χ4v) is 4.22. The number of aliphatic hydroxyl groups is 1. The summed E-state index contributed by atoms with van der Waals surface area (Å²) in [5, 5.41) is 10.3. The van der Waals surface area contributed by atoms with Crippen LogP contribution in [0.4, 0.5) is 4.39 Å². The van der Waals surface area contributed by atoms with Crippen LogP contribution in [0.15, 0.2) is 59.5 Å². The Morgan fingerprint density at radius 3 is 2.23 bits per heavy atom. The van der Waals surface area contributed by atoms with E-state index in [4.69, 9.17) is 0 Å². The summed E-state index contributed by atoms with van der Waals surface area (Å²) in [6.07, 6.45) is 1.35. The van der Waals surface area contributed by atoms with Crippen LogP contribution in [0, 0.1) is 18.2 Å². The van der Waals surface area contributed by atoms with Crippen LogP contribution in [0.1, 0.15) is 19.4 Å². The molecule has 0 bridgehead atoms. The van der Waals surface area contributed by atoms with Gasteiger partial charge in [-0.3, -0.25) is 0 Å². The molecule has 2 aromatic carbocycles. The molecule has 0 saturated heterocycles. The number of benzene rings is 2. The van der Waals surface area contributed by atoms with Gasteiger partial charge in [0, 0.05) is 13.1 Å². The molecule has 1 radical (unpaired) electrons. The van der Waals surface area contributed by atoms with E-state index in [1.807, 2.05) is 44.2 Å². The normalized spacial score (nSPS) is 13.3. The largest absolute Gasteiger partial charge is 0.391 e. The Morgan fingerprint density at radius 2 is 1.65 bits per heavy atom. The van der Waals surface area contributed by atoms with Crippen LogP contribution < -0.4 is 0 Å². The maximum absolute atomic E-state index is 13.1. The summed E-state index contributed by atoms with van der Waals surface area (Å²) in [6.45, 7) is 4.06. The van der Waals surface area contributed by atoms with Crippen LogP contribution in [0.2, 0.25) is 0 Å². The monoisotopic (exact) mass is 378 g/mol. The number of rotatable bonds is 9. The predicted octanol–water partition coefficient (Wildman–Crippen LogP) is 3.28. The second-order valence-electron chi connectivity index (χ2n) is 6.66. The van der Waals surface area contributed by atoms with E-state index in [0.717, 1.165) is 17.7 Å². The zero-order valence-corrected chi connectivity index (χ0v) is 15.9. The van der Waals surface area contributed by atoms with Gasteiger partial charge in [0.15, 0.2) is 0 Å². The van der Waals surface area contributed by atoms with Crippen molar-refractivity contribution >= 4 is 10.0 Å². The average molecular weight is 378 g/mol. The minimum absolute atomic E-state index is 0.0230. The number of hydrogen-bond acceptors (Lipinski definition) is 3. The second-order valence-corrected chi connectivity index (χ2v) is 8.60. The summed E-state index contributed by atoms with van der Waals surface area (Å²) < 4.78 is 40.1. The molecule has 26 heavy (non-hydrogen) atoms. The van der Waals surface area contributed by atoms with E-state index in [1.165, 1.54) is 16.4 Å². The van der Waals surface area contributed by atoms with E-state index < -0.39 is 21.9 Å². The fourth-order valence-electron chi connectivity index (χ4n) is 2.60. The van der Waals surface area contributed by atoms with Crippen molar-refractivity contribution in [1.82, 2.24) is 4.31 Å². The van der Waals surface area contributed by atoms with Gasteiger partial charge in [0.05, 0.1) is 11.0 Å². The fraction of sp³-hybridized carbons (Fsp3) is 0.350. The maximum Gasteiger partial charge on any atom is 0.243 e. The Kier molecular flexibility index (Phi) is 7.32. The molecule has 0 amide bonds. The van der Waals surface area contributed by atoms with Gasteiger partial charge in [-0.05, 0) is 48.6 Å². The van der Waals surface area contributed by atoms with E-state index in [9.17, 15) is 17.9 Å². The van der Waals surface area contributed by atoms with Gasteiger partial charge >= 0.3 is 0 Å². The molecule has 0 heterocycles. The molecule has 4 nitrogen and oxygen atoms in total. The van der Waals surface area contributed by atoms with Crippen molar-refractivity contribution in [3.8, 4) is 0 Å². The molecule has 2 aromatic rings. The average Bonchev–Trinajstić information content (AvgIpc) is 2.60. The number of hydrogen-bond donors (Lipinski definition) is 1. The van der Waals surface area contributed by atoms with Gasteiger partial charge in [0.2, 0.25) is 10.0 Å². The van der Waals surface area contributed by atoms with E-state index in [1.54, 1.807) is 6.42 Å². The van der Waals surface area contributed by atoms with Crippen molar-refractivity contribution in [2.75, 3.05) is 13.1 Å². The number of nitrogens with zero attached hydrogens (tertiary/aromatic N) is 1. The van der Waals surface area contributed by atoms with Crippen molar-refractivity contribution in [2.24, 2.45) is 5.92 Å². The summed E-state index contributed by atoms with van der Waals surface area (Å²) in [7, 11) is -3.80. The lowest BCUT2D eigenvalue weighted by atomic mass is 10.1. The quantitative estimate of drug-likeness (QED) is 0.729. The molecule has 0 unspecified atom stereocenters. The third-order valence-corrected chi connectivity index (χ3v) is 5.73. The summed E-state index contributed by atoms with van der Waals surface area (Å²) >= 11 is 0. The minimum atomic E-state index is -3.80. The molecule has 1 N–H and O–H groups in total. The smallest absolute Gasteiger partial charge is 0.243 e. The minimum Gasteiger partial charge on any atom is -0.391 e. The molecule has 2 rings (SSSR count). The van der Waals surface area contributed by atoms with Gasteiger partial charge in [-0.25, -0.2) is 12.8 Å². The third-order valence-electron chi connectivity index (χ3n) is 3.88. The topological polar surface area (TPSA) is 57.6 Å². The molecule has 0 saturated carbocycles. The first kappa shape index (κ1) is 20.6. The third kappa shape index (κ3) is 5.90. The SMILES string of the molecule is CC(C)CN(C[C@H](O)[CH]Cc1ccccc1)S(=O)(=O)c1ccc(F)cc1. The molecule has 0 aliphatic heterocycles. The van der Waals surface area contributed by atoms with Crippen LogP contribution >= 0.6 is 0 Å². The Labute approximate surface area is 155 Å². The van der Waals surface area contributed by atoms with Gasteiger partial charge in [0.25, 0.3) is 0 Å². The molecule has 0 spiro atoms. The summed E-state index contributed by atoms with van der Waals surface area (Å²) in [4.78, 5) is 0.0230. The first-order valence-corrected chi connectivity index (χ1v) is 10.0. The molecule has 6 heteroatoms. The van der Waals surface area contributed by atoms with Gasteiger partial charge in [-0.1, -0.05) is 44.2 Å².